The van der Waals surface area contributed by atoms with Gasteiger partial charge in [0.05, 0.1) is 19.2 Å². The predicted octanol–water partition coefficient (Wildman–Crippen LogP) is 3.80. The summed E-state index contributed by atoms with van der Waals surface area (Å²) >= 11 is 1.53. The first-order valence-corrected chi connectivity index (χ1v) is 11.4. The van der Waals surface area contributed by atoms with E-state index in [4.69, 9.17) is 4.74 Å². The summed E-state index contributed by atoms with van der Waals surface area (Å²) in [6.45, 7) is 3.28. The monoisotopic (exact) mass is 440 g/mol. The average Bonchev–Trinajstić information content (AvgIpc) is 3.13. The minimum atomic E-state index is -0.135. The van der Waals surface area contributed by atoms with Gasteiger partial charge in [-0.15, -0.1) is 11.3 Å². The minimum absolute atomic E-state index is 0.134. The van der Waals surface area contributed by atoms with Crippen LogP contribution < -0.4 is 15.4 Å². The predicted molar refractivity (Wildman–Crippen MR) is 123 cm³/mol. The van der Waals surface area contributed by atoms with Crippen molar-refractivity contribution in [3.63, 3.8) is 0 Å². The van der Waals surface area contributed by atoms with Crippen molar-refractivity contribution in [2.24, 2.45) is 0 Å². The van der Waals surface area contributed by atoms with Gasteiger partial charge >= 0.3 is 0 Å². The van der Waals surface area contributed by atoms with Crippen LogP contribution in [0.5, 0.6) is 5.75 Å². The summed E-state index contributed by atoms with van der Waals surface area (Å²) in [5, 5.41) is 16.0. The normalized spacial score (nSPS) is 12.7. The number of nitrogens with one attached hydrogen (secondary N) is 2. The molecule has 1 aliphatic rings. The number of likely N-dealkylation sites (N-methyl/N-ethyl adjacent to an activating group) is 1. The van der Waals surface area contributed by atoms with Crippen molar-refractivity contribution in [3.05, 3.63) is 40.3 Å². The number of amides is 2. The summed E-state index contributed by atoms with van der Waals surface area (Å²) < 4.78 is 5.12. The van der Waals surface area contributed by atoms with Gasteiger partial charge in [0.25, 0.3) is 0 Å². The molecule has 8 heteroatoms. The minimum Gasteiger partial charge on any atom is -0.497 e. The van der Waals surface area contributed by atoms with Gasteiger partial charge in [-0.05, 0) is 62.1 Å². The Labute approximate surface area is 187 Å². The molecule has 0 unspecified atom stereocenters. The fourth-order valence-electron chi connectivity index (χ4n) is 3.65. The zero-order valence-corrected chi connectivity index (χ0v) is 18.8. The Hall–Kier alpha value is -2.89. The van der Waals surface area contributed by atoms with Crippen molar-refractivity contribution in [1.82, 2.24) is 4.90 Å². The highest BCUT2D eigenvalue weighted by molar-refractivity contribution is 7.16. The van der Waals surface area contributed by atoms with Gasteiger partial charge in [-0.2, -0.15) is 5.26 Å². The summed E-state index contributed by atoms with van der Waals surface area (Å²) in [4.78, 5) is 28.0. The number of hydrogen-bond donors (Lipinski definition) is 2. The number of carbonyl (C=O) groups excluding carboxylic acids is 2. The summed E-state index contributed by atoms with van der Waals surface area (Å²) in [5.74, 6) is 0.458. The first-order chi connectivity index (χ1) is 15.0. The molecule has 3 rings (SSSR count). The molecule has 2 amide bonds. The van der Waals surface area contributed by atoms with E-state index in [2.05, 4.69) is 16.7 Å². The molecule has 0 aliphatic heterocycles. The van der Waals surface area contributed by atoms with Crippen LogP contribution in [-0.2, 0) is 22.4 Å². The lowest BCUT2D eigenvalue weighted by molar-refractivity contribution is -0.119. The third-order valence-corrected chi connectivity index (χ3v) is 6.59. The highest BCUT2D eigenvalue weighted by atomic mass is 32.1. The molecule has 1 aliphatic carbocycles. The maximum Gasteiger partial charge on any atom is 0.238 e. The fraction of sp³-hybridized carbons (Fsp3) is 0.435. The van der Waals surface area contributed by atoms with Crippen LogP contribution in [0.2, 0.25) is 0 Å². The molecule has 2 N–H and O–H groups in total. The molecule has 0 saturated carbocycles. The Kier molecular flexibility index (Phi) is 8.04. The summed E-state index contributed by atoms with van der Waals surface area (Å²) in [5.41, 5.74) is 2.43. The third-order valence-electron chi connectivity index (χ3n) is 5.38. The van der Waals surface area contributed by atoms with E-state index in [9.17, 15) is 14.9 Å². The molecule has 2 aromatic rings. The Balaban J connectivity index is 1.49. The highest BCUT2D eigenvalue weighted by Crippen LogP contribution is 2.37. The second-order valence-corrected chi connectivity index (χ2v) is 8.58. The summed E-state index contributed by atoms with van der Waals surface area (Å²) in [6, 6.07) is 9.41. The number of methoxy groups -OCH3 is 1. The van der Waals surface area contributed by atoms with Crippen LogP contribution in [-0.4, -0.2) is 43.5 Å². The number of rotatable bonds is 9. The van der Waals surface area contributed by atoms with Crippen LogP contribution in [0.15, 0.2) is 24.3 Å². The number of nitrogens with zero attached hydrogens (tertiary/aromatic N) is 2. The van der Waals surface area contributed by atoms with E-state index >= 15 is 0 Å². The van der Waals surface area contributed by atoms with E-state index in [0.29, 0.717) is 29.3 Å². The van der Waals surface area contributed by atoms with E-state index in [0.717, 1.165) is 37.0 Å². The second-order valence-electron chi connectivity index (χ2n) is 7.47. The number of aryl methyl sites for hydroxylation is 1. The number of anilines is 2. The van der Waals surface area contributed by atoms with Gasteiger partial charge in [0.1, 0.15) is 16.8 Å². The van der Waals surface area contributed by atoms with Crippen LogP contribution >= 0.6 is 11.3 Å². The molecule has 164 valence electrons. The first-order valence-electron chi connectivity index (χ1n) is 10.5. The average molecular weight is 441 g/mol. The molecular formula is C23H28N4O3S. The van der Waals surface area contributed by atoms with Crippen LogP contribution in [0.25, 0.3) is 0 Å². The van der Waals surface area contributed by atoms with Crippen molar-refractivity contribution >= 4 is 33.8 Å². The lowest BCUT2D eigenvalue weighted by Crippen LogP contribution is -2.35. The number of hydrogen-bond acceptors (Lipinski definition) is 6. The van der Waals surface area contributed by atoms with Gasteiger partial charge in [-0.3, -0.25) is 14.5 Å². The Morgan fingerprint density at radius 1 is 1.16 bits per heavy atom. The van der Waals surface area contributed by atoms with E-state index < -0.39 is 0 Å². The largest absolute Gasteiger partial charge is 0.497 e. The maximum atomic E-state index is 12.5. The Morgan fingerprint density at radius 3 is 2.58 bits per heavy atom. The van der Waals surface area contributed by atoms with Gasteiger partial charge in [-0.25, -0.2) is 0 Å². The van der Waals surface area contributed by atoms with Crippen LogP contribution in [0, 0.1) is 11.3 Å². The molecule has 7 nitrogen and oxygen atoms in total. The number of carbonyl (C=O) groups is 2. The molecule has 0 fully saturated rings. The van der Waals surface area contributed by atoms with E-state index in [1.54, 1.807) is 31.4 Å². The lowest BCUT2D eigenvalue weighted by atomic mass is 9.96. The molecule has 1 heterocycles. The zero-order chi connectivity index (χ0) is 22.2. The number of benzene rings is 1. The molecule has 0 spiro atoms. The van der Waals surface area contributed by atoms with E-state index in [-0.39, 0.29) is 24.8 Å². The third kappa shape index (κ3) is 6.06. The highest BCUT2D eigenvalue weighted by Gasteiger charge is 2.22. The van der Waals surface area contributed by atoms with Crippen LogP contribution in [0.1, 0.15) is 42.2 Å². The van der Waals surface area contributed by atoms with E-state index in [1.165, 1.54) is 16.2 Å². The van der Waals surface area contributed by atoms with Gasteiger partial charge in [0.2, 0.25) is 11.8 Å². The molecule has 31 heavy (non-hydrogen) atoms. The number of nitriles is 1. The Bertz CT molecular complexity index is 962. The second kappa shape index (κ2) is 10.9. The van der Waals surface area contributed by atoms with Crippen molar-refractivity contribution in [1.29, 1.82) is 5.26 Å². The van der Waals surface area contributed by atoms with Crippen molar-refractivity contribution in [3.8, 4) is 11.8 Å². The maximum absolute atomic E-state index is 12.5. The molecule has 0 bridgehead atoms. The van der Waals surface area contributed by atoms with Gasteiger partial charge in [-0.1, -0.05) is 6.92 Å². The molecular weight excluding hydrogens is 412 g/mol. The molecule has 0 saturated heterocycles. The number of ether oxygens (including phenoxy) is 1. The van der Waals surface area contributed by atoms with E-state index in [1.807, 2.05) is 11.8 Å². The van der Waals surface area contributed by atoms with Gasteiger partial charge in [0, 0.05) is 23.5 Å². The topological polar surface area (TPSA) is 94.5 Å². The van der Waals surface area contributed by atoms with Gasteiger partial charge in [0.15, 0.2) is 0 Å². The molecule has 0 radical (unpaired) electrons. The SMILES string of the molecule is CCN(CCC(=O)Nc1sc2c(c1C#N)CCCC2)CC(=O)Nc1ccc(OC)cc1. The van der Waals surface area contributed by atoms with Gasteiger partial charge < -0.3 is 15.4 Å². The van der Waals surface area contributed by atoms with Crippen molar-refractivity contribution < 1.29 is 14.3 Å². The van der Waals surface area contributed by atoms with Crippen LogP contribution in [0.3, 0.4) is 0 Å². The zero-order valence-electron chi connectivity index (χ0n) is 18.0. The Morgan fingerprint density at radius 2 is 1.90 bits per heavy atom. The smallest absolute Gasteiger partial charge is 0.238 e. The molecule has 0 atom stereocenters. The number of thiophene rings is 1. The fourth-order valence-corrected chi connectivity index (χ4v) is 4.90. The lowest BCUT2D eigenvalue weighted by Gasteiger charge is -2.19. The number of fused-ring (bicyclic) bond motifs is 1. The molecule has 1 aromatic heterocycles. The van der Waals surface area contributed by atoms with Crippen molar-refractivity contribution in [2.75, 3.05) is 37.4 Å². The standard InChI is InChI=1S/C23H28N4O3S/c1-3-27(15-22(29)25-16-8-10-17(30-2)11-9-16)13-12-21(28)26-23-19(14-24)18-6-4-5-7-20(18)31-23/h8-11H,3-7,12-13,15H2,1-2H3,(H,25,29)(H,26,28). The summed E-state index contributed by atoms with van der Waals surface area (Å²) in [6.07, 6.45) is 4.39. The quantitative estimate of drug-likeness (QED) is 0.619. The summed E-state index contributed by atoms with van der Waals surface area (Å²) in [7, 11) is 1.59. The molecule has 1 aromatic carbocycles. The van der Waals surface area contributed by atoms with Crippen molar-refractivity contribution in [2.45, 2.75) is 39.0 Å². The first kappa shape index (κ1) is 22.8. The van der Waals surface area contributed by atoms with Crippen LogP contribution in [0.4, 0.5) is 10.7 Å².